The summed E-state index contributed by atoms with van der Waals surface area (Å²) in [5, 5.41) is 10.9. The molecule has 0 saturated heterocycles. The van der Waals surface area contributed by atoms with Crippen molar-refractivity contribution in [1.29, 1.82) is 0 Å². The van der Waals surface area contributed by atoms with E-state index in [0.717, 1.165) is 44.3 Å². The highest BCUT2D eigenvalue weighted by Gasteiger charge is 2.20. The second-order valence-corrected chi connectivity index (χ2v) is 8.03. The minimum absolute atomic E-state index is 0.109. The van der Waals surface area contributed by atoms with E-state index < -0.39 is 11.2 Å². The van der Waals surface area contributed by atoms with Gasteiger partial charge in [-0.15, -0.1) is 0 Å². The third-order valence-electron chi connectivity index (χ3n) is 5.31. The van der Waals surface area contributed by atoms with E-state index in [4.69, 9.17) is 18.6 Å². The Labute approximate surface area is 195 Å². The van der Waals surface area contributed by atoms with E-state index in [9.17, 15) is 9.90 Å². The lowest BCUT2D eigenvalue weighted by molar-refractivity contribution is 0.296. The van der Waals surface area contributed by atoms with Gasteiger partial charge in [0, 0.05) is 17.7 Å². The molecule has 0 saturated carbocycles. The number of fused-ring (bicyclic) bond motifs is 1. The lowest BCUT2D eigenvalue weighted by Crippen LogP contribution is -2.07. The van der Waals surface area contributed by atoms with E-state index in [0.29, 0.717) is 42.5 Å². The fourth-order valence-electron chi connectivity index (χ4n) is 3.34. The minimum atomic E-state index is -0.527. The van der Waals surface area contributed by atoms with Gasteiger partial charge in [0.25, 0.3) is 0 Å². The predicted molar refractivity (Wildman–Crippen MR) is 131 cm³/mol. The average Bonchev–Trinajstić information content (AvgIpc) is 2.82. The van der Waals surface area contributed by atoms with E-state index in [2.05, 4.69) is 20.8 Å². The fraction of sp³-hybridized carbons (Fsp3) is 0.444. The van der Waals surface area contributed by atoms with Crippen LogP contribution in [0.2, 0.25) is 0 Å². The van der Waals surface area contributed by atoms with E-state index >= 15 is 0 Å². The van der Waals surface area contributed by atoms with E-state index in [1.165, 1.54) is 0 Å². The molecule has 6 nitrogen and oxygen atoms in total. The zero-order valence-electron chi connectivity index (χ0n) is 19.8. The average molecular weight is 455 g/mol. The van der Waals surface area contributed by atoms with Gasteiger partial charge >= 0.3 is 0 Å². The Balaban J connectivity index is 2.01. The van der Waals surface area contributed by atoms with Gasteiger partial charge in [-0.2, -0.15) is 0 Å². The molecule has 0 aliphatic heterocycles. The number of hydrogen-bond donors (Lipinski definition) is 1. The van der Waals surface area contributed by atoms with Gasteiger partial charge in [0.1, 0.15) is 28.2 Å². The van der Waals surface area contributed by atoms with Crippen molar-refractivity contribution in [1.82, 2.24) is 0 Å². The molecule has 0 amide bonds. The smallest absolute Gasteiger partial charge is 0.238 e. The van der Waals surface area contributed by atoms with Crippen LogP contribution < -0.4 is 19.6 Å². The molecule has 1 N–H and O–H groups in total. The van der Waals surface area contributed by atoms with Gasteiger partial charge in [-0.1, -0.05) is 40.0 Å². The van der Waals surface area contributed by atoms with Crippen LogP contribution in [-0.2, 0) is 0 Å². The first-order valence-electron chi connectivity index (χ1n) is 11.9. The molecular weight excluding hydrogens is 420 g/mol. The van der Waals surface area contributed by atoms with Gasteiger partial charge in [0.05, 0.1) is 19.8 Å². The van der Waals surface area contributed by atoms with E-state index in [1.807, 2.05) is 0 Å². The summed E-state index contributed by atoms with van der Waals surface area (Å²) in [4.78, 5) is 13.1. The van der Waals surface area contributed by atoms with E-state index in [1.54, 1.807) is 36.4 Å². The molecule has 0 atom stereocenters. The SMILES string of the molecule is CCCCOc1ccc(-c2oc3cc(OCCCC)cc(OCCCC)c3c(=O)c2O)cc1. The van der Waals surface area contributed by atoms with Crippen molar-refractivity contribution in [3.05, 3.63) is 46.6 Å². The Bertz CT molecular complexity index is 1080. The van der Waals surface area contributed by atoms with Crippen LogP contribution in [0, 0.1) is 0 Å². The largest absolute Gasteiger partial charge is 0.502 e. The van der Waals surface area contributed by atoms with Crippen LogP contribution in [0.25, 0.3) is 22.3 Å². The molecule has 6 heteroatoms. The minimum Gasteiger partial charge on any atom is -0.502 e. The van der Waals surface area contributed by atoms with Crippen molar-refractivity contribution in [2.45, 2.75) is 59.3 Å². The molecule has 3 aromatic rings. The predicted octanol–water partition coefficient (Wildman–Crippen LogP) is 6.70. The highest BCUT2D eigenvalue weighted by molar-refractivity contribution is 5.88. The number of unbranched alkanes of at least 4 members (excludes halogenated alkanes) is 3. The van der Waals surface area contributed by atoms with Crippen molar-refractivity contribution in [2.75, 3.05) is 19.8 Å². The van der Waals surface area contributed by atoms with Gasteiger partial charge in [0.15, 0.2) is 5.76 Å². The molecule has 0 unspecified atom stereocenters. The third-order valence-corrected chi connectivity index (χ3v) is 5.31. The highest BCUT2D eigenvalue weighted by Crippen LogP contribution is 2.36. The first-order valence-corrected chi connectivity index (χ1v) is 11.9. The quantitative estimate of drug-likeness (QED) is 0.289. The van der Waals surface area contributed by atoms with Crippen LogP contribution in [0.3, 0.4) is 0 Å². The molecule has 1 heterocycles. The molecule has 33 heavy (non-hydrogen) atoms. The number of ether oxygens (including phenoxy) is 3. The molecule has 0 bridgehead atoms. The summed E-state index contributed by atoms with van der Waals surface area (Å²) in [7, 11) is 0. The molecule has 0 fully saturated rings. The molecule has 0 aliphatic rings. The summed E-state index contributed by atoms with van der Waals surface area (Å²) in [6.45, 7) is 7.94. The van der Waals surface area contributed by atoms with Crippen LogP contribution in [0.15, 0.2) is 45.6 Å². The summed E-state index contributed by atoms with van der Waals surface area (Å²) in [5.41, 5.74) is 0.373. The first-order chi connectivity index (χ1) is 16.1. The molecule has 0 radical (unpaired) electrons. The standard InChI is InChI=1S/C27H34O6/c1-4-7-14-30-20-12-10-19(11-13-20)27-26(29)25(28)24-22(32-16-9-6-3)17-21(18-23(24)33-27)31-15-8-5-2/h10-13,17-18,29H,4-9,14-16H2,1-3H3. The van der Waals surface area contributed by atoms with Gasteiger partial charge < -0.3 is 23.7 Å². The van der Waals surface area contributed by atoms with Gasteiger partial charge in [-0.25, -0.2) is 0 Å². The molecule has 2 aromatic carbocycles. The van der Waals surface area contributed by atoms with Crippen molar-refractivity contribution in [3.63, 3.8) is 0 Å². The van der Waals surface area contributed by atoms with Gasteiger partial charge in [-0.05, 0) is 43.5 Å². The third kappa shape index (κ3) is 6.21. The zero-order valence-corrected chi connectivity index (χ0v) is 19.8. The number of aromatic hydroxyl groups is 1. The van der Waals surface area contributed by atoms with Crippen LogP contribution in [0.5, 0.6) is 23.0 Å². The highest BCUT2D eigenvalue weighted by atomic mass is 16.5. The van der Waals surface area contributed by atoms with Crippen LogP contribution in [0.1, 0.15) is 59.3 Å². The molecule has 0 spiro atoms. The first kappa shape index (κ1) is 24.5. The van der Waals surface area contributed by atoms with Crippen molar-refractivity contribution in [3.8, 4) is 34.3 Å². The van der Waals surface area contributed by atoms with E-state index in [-0.39, 0.29) is 11.1 Å². The second-order valence-electron chi connectivity index (χ2n) is 8.03. The zero-order chi connectivity index (χ0) is 23.6. The number of benzene rings is 2. The molecule has 3 rings (SSSR count). The van der Waals surface area contributed by atoms with Crippen molar-refractivity contribution in [2.24, 2.45) is 0 Å². The van der Waals surface area contributed by atoms with Crippen molar-refractivity contribution < 1.29 is 23.7 Å². The summed E-state index contributed by atoms with van der Waals surface area (Å²) in [6.07, 6.45) is 5.79. The van der Waals surface area contributed by atoms with Gasteiger partial charge in [-0.3, -0.25) is 4.79 Å². The summed E-state index contributed by atoms with van der Waals surface area (Å²) in [5.74, 6) is 1.33. The molecular formula is C27H34O6. The summed E-state index contributed by atoms with van der Waals surface area (Å²) >= 11 is 0. The lowest BCUT2D eigenvalue weighted by Gasteiger charge is -2.14. The normalized spacial score (nSPS) is 11.0. The maximum atomic E-state index is 13.1. The van der Waals surface area contributed by atoms with Crippen LogP contribution in [0.4, 0.5) is 0 Å². The summed E-state index contributed by atoms with van der Waals surface area (Å²) in [6, 6.07) is 10.5. The van der Waals surface area contributed by atoms with Crippen LogP contribution >= 0.6 is 0 Å². The van der Waals surface area contributed by atoms with Crippen molar-refractivity contribution >= 4 is 11.0 Å². The Hall–Kier alpha value is -3.15. The monoisotopic (exact) mass is 454 g/mol. The Kier molecular flexibility index (Phi) is 9.04. The Morgan fingerprint density at radius 1 is 0.788 bits per heavy atom. The Morgan fingerprint density at radius 2 is 1.36 bits per heavy atom. The molecule has 0 aliphatic carbocycles. The molecule has 178 valence electrons. The topological polar surface area (TPSA) is 78.1 Å². The summed E-state index contributed by atoms with van der Waals surface area (Å²) < 4.78 is 23.5. The maximum Gasteiger partial charge on any atom is 0.238 e. The number of rotatable bonds is 13. The maximum absolute atomic E-state index is 13.1. The van der Waals surface area contributed by atoms with Crippen LogP contribution in [-0.4, -0.2) is 24.9 Å². The fourth-order valence-corrected chi connectivity index (χ4v) is 3.34. The molecule has 1 aromatic heterocycles. The Morgan fingerprint density at radius 3 is 1.97 bits per heavy atom. The van der Waals surface area contributed by atoms with Gasteiger partial charge in [0.2, 0.25) is 11.2 Å². The number of hydrogen-bond acceptors (Lipinski definition) is 6. The second kappa shape index (κ2) is 12.2. The lowest BCUT2D eigenvalue weighted by atomic mass is 10.1.